The molecule has 1 aromatic heterocycles. The summed E-state index contributed by atoms with van der Waals surface area (Å²) in [7, 11) is 0. The molecule has 1 atom stereocenters. The number of benzene rings is 1. The number of aliphatic hydroxyl groups excluding tert-OH is 1. The summed E-state index contributed by atoms with van der Waals surface area (Å²) in [6, 6.07) is 7.94. The highest BCUT2D eigenvalue weighted by Gasteiger charge is 2.18. The lowest BCUT2D eigenvalue weighted by Gasteiger charge is -2.09. The molecule has 0 saturated heterocycles. The summed E-state index contributed by atoms with van der Waals surface area (Å²) in [4.78, 5) is 14.5. The molecule has 2 rings (SSSR count). The van der Waals surface area contributed by atoms with Gasteiger partial charge in [0, 0.05) is 18.3 Å². The second-order valence-corrected chi connectivity index (χ2v) is 4.39. The van der Waals surface area contributed by atoms with Gasteiger partial charge >= 0.3 is 5.69 Å². The molecule has 0 aliphatic carbocycles. The average Bonchev–Trinajstić information content (AvgIpc) is 2.41. The van der Waals surface area contributed by atoms with Gasteiger partial charge in [0.05, 0.1) is 11.0 Å². The van der Waals surface area contributed by atoms with Gasteiger partial charge in [-0.25, -0.2) is 4.98 Å². The summed E-state index contributed by atoms with van der Waals surface area (Å²) in [6.07, 6.45) is 0.855. The number of nitrogens with zero attached hydrogens (tertiary/aromatic N) is 2. The first-order valence-electron chi connectivity index (χ1n) is 6.05. The fourth-order valence-corrected chi connectivity index (χ4v) is 1.72. The topological polar surface area (TPSA) is 85.5 Å². The van der Waals surface area contributed by atoms with Crippen molar-refractivity contribution in [3.8, 4) is 11.6 Å². The van der Waals surface area contributed by atoms with Gasteiger partial charge in [0.2, 0.25) is 11.6 Å². The minimum atomic E-state index is -0.621. The molecule has 0 saturated carbocycles. The third-order valence-electron chi connectivity index (χ3n) is 2.84. The van der Waals surface area contributed by atoms with Crippen molar-refractivity contribution in [2.24, 2.45) is 0 Å². The highest BCUT2D eigenvalue weighted by atomic mass is 16.6. The van der Waals surface area contributed by atoms with Crippen LogP contribution in [0.2, 0.25) is 0 Å². The molecular weight excluding hydrogens is 260 g/mol. The lowest BCUT2D eigenvalue weighted by atomic mass is 10.2. The van der Waals surface area contributed by atoms with Gasteiger partial charge in [-0.2, -0.15) is 0 Å². The number of hydrogen-bond acceptors (Lipinski definition) is 5. The molecule has 0 aliphatic rings. The van der Waals surface area contributed by atoms with Gasteiger partial charge in [0.1, 0.15) is 0 Å². The number of nitro benzene ring substituents is 1. The maximum Gasteiger partial charge on any atom is 0.311 e. The summed E-state index contributed by atoms with van der Waals surface area (Å²) in [5.74, 6) is 0.418. The van der Waals surface area contributed by atoms with Crippen LogP contribution in [0.3, 0.4) is 0 Å². The molecular formula is C14H14N2O4. The molecule has 1 aromatic carbocycles. The number of nitro groups is 1. The van der Waals surface area contributed by atoms with Crippen LogP contribution in [0.15, 0.2) is 36.5 Å². The molecule has 0 bridgehead atoms. The van der Waals surface area contributed by atoms with E-state index in [0.29, 0.717) is 11.1 Å². The Morgan fingerprint density at radius 2 is 2.10 bits per heavy atom. The van der Waals surface area contributed by atoms with Gasteiger partial charge in [-0.15, -0.1) is 0 Å². The molecule has 0 unspecified atom stereocenters. The van der Waals surface area contributed by atoms with Crippen molar-refractivity contribution in [3.05, 3.63) is 57.8 Å². The number of hydrogen-bond donors (Lipinski definition) is 1. The lowest BCUT2D eigenvalue weighted by molar-refractivity contribution is -0.385. The number of aliphatic hydroxyl groups is 1. The van der Waals surface area contributed by atoms with Gasteiger partial charge in [-0.05, 0) is 31.0 Å². The predicted molar refractivity (Wildman–Crippen MR) is 72.8 cm³/mol. The monoisotopic (exact) mass is 274 g/mol. The van der Waals surface area contributed by atoms with Crippen molar-refractivity contribution in [3.63, 3.8) is 0 Å². The van der Waals surface area contributed by atoms with Crippen LogP contribution in [0.25, 0.3) is 0 Å². The van der Waals surface area contributed by atoms with E-state index < -0.39 is 11.0 Å². The molecule has 104 valence electrons. The maximum absolute atomic E-state index is 11.0. The van der Waals surface area contributed by atoms with E-state index in [1.807, 2.05) is 0 Å². The first-order valence-corrected chi connectivity index (χ1v) is 6.05. The number of ether oxygens (including phenoxy) is 1. The normalized spacial score (nSPS) is 11.9. The van der Waals surface area contributed by atoms with Crippen LogP contribution >= 0.6 is 0 Å². The smallest absolute Gasteiger partial charge is 0.311 e. The largest absolute Gasteiger partial charge is 0.432 e. The van der Waals surface area contributed by atoms with Crippen molar-refractivity contribution < 1.29 is 14.8 Å². The highest BCUT2D eigenvalue weighted by molar-refractivity contribution is 5.52. The Morgan fingerprint density at radius 1 is 1.35 bits per heavy atom. The van der Waals surface area contributed by atoms with E-state index in [9.17, 15) is 15.2 Å². The molecule has 6 heteroatoms. The van der Waals surface area contributed by atoms with E-state index >= 15 is 0 Å². The van der Waals surface area contributed by atoms with Gasteiger partial charge in [-0.3, -0.25) is 10.1 Å². The van der Waals surface area contributed by atoms with Crippen molar-refractivity contribution in [2.75, 3.05) is 0 Å². The van der Waals surface area contributed by atoms with E-state index in [-0.39, 0.29) is 17.3 Å². The van der Waals surface area contributed by atoms with E-state index in [1.54, 1.807) is 38.1 Å². The highest BCUT2D eigenvalue weighted by Crippen LogP contribution is 2.33. The van der Waals surface area contributed by atoms with Crippen molar-refractivity contribution >= 4 is 5.69 Å². The minimum Gasteiger partial charge on any atom is -0.432 e. The zero-order valence-corrected chi connectivity index (χ0v) is 11.1. The summed E-state index contributed by atoms with van der Waals surface area (Å²) in [5, 5.41) is 20.4. The molecule has 0 amide bonds. The number of aryl methyl sites for hydroxylation is 1. The van der Waals surface area contributed by atoms with Crippen LogP contribution in [0.4, 0.5) is 5.69 Å². The summed E-state index contributed by atoms with van der Waals surface area (Å²) >= 11 is 0. The molecule has 2 aromatic rings. The second kappa shape index (κ2) is 5.66. The van der Waals surface area contributed by atoms with Gasteiger partial charge < -0.3 is 9.84 Å². The molecule has 0 radical (unpaired) electrons. The first kappa shape index (κ1) is 14.0. The molecule has 1 N–H and O–H groups in total. The zero-order chi connectivity index (χ0) is 14.7. The van der Waals surface area contributed by atoms with Gasteiger partial charge in [0.25, 0.3) is 0 Å². The number of aromatic nitrogens is 1. The number of rotatable bonds is 4. The average molecular weight is 274 g/mol. The third kappa shape index (κ3) is 2.92. The fourth-order valence-electron chi connectivity index (χ4n) is 1.72. The Balaban J connectivity index is 2.32. The van der Waals surface area contributed by atoms with Crippen LogP contribution in [-0.2, 0) is 0 Å². The molecule has 0 spiro atoms. The maximum atomic E-state index is 11.0. The van der Waals surface area contributed by atoms with E-state index in [1.165, 1.54) is 12.3 Å². The van der Waals surface area contributed by atoms with Crippen molar-refractivity contribution in [2.45, 2.75) is 20.0 Å². The van der Waals surface area contributed by atoms with Crippen LogP contribution < -0.4 is 4.74 Å². The molecule has 6 nitrogen and oxygen atoms in total. The van der Waals surface area contributed by atoms with Crippen molar-refractivity contribution in [1.82, 2.24) is 4.98 Å². The quantitative estimate of drug-likeness (QED) is 0.683. The number of para-hydroxylation sites is 1. The van der Waals surface area contributed by atoms with Crippen LogP contribution in [0.5, 0.6) is 11.6 Å². The lowest BCUT2D eigenvalue weighted by Crippen LogP contribution is -1.98. The fraction of sp³-hybridized carbons (Fsp3) is 0.214. The third-order valence-corrected chi connectivity index (χ3v) is 2.84. The molecule has 20 heavy (non-hydrogen) atoms. The SMILES string of the molecule is Cc1cccc([N+](=O)[O-])c1Oc1ccc([C@@H](C)O)cn1. The molecule has 1 heterocycles. The van der Waals surface area contributed by atoms with Crippen LogP contribution in [0.1, 0.15) is 24.2 Å². The summed E-state index contributed by atoms with van der Waals surface area (Å²) < 4.78 is 5.50. The predicted octanol–water partition coefficient (Wildman–Crippen LogP) is 3.14. The van der Waals surface area contributed by atoms with Gasteiger partial charge in [-0.1, -0.05) is 12.1 Å². The second-order valence-electron chi connectivity index (χ2n) is 4.39. The van der Waals surface area contributed by atoms with Crippen LogP contribution in [0, 0.1) is 17.0 Å². The Labute approximate surface area is 115 Å². The molecule has 0 aliphatic heterocycles. The summed E-state index contributed by atoms with van der Waals surface area (Å²) in [6.45, 7) is 3.36. The molecule has 0 fully saturated rings. The Hall–Kier alpha value is -2.47. The number of pyridine rings is 1. The first-order chi connectivity index (χ1) is 9.49. The zero-order valence-electron chi connectivity index (χ0n) is 11.1. The van der Waals surface area contributed by atoms with Crippen LogP contribution in [-0.4, -0.2) is 15.0 Å². The Bertz CT molecular complexity index is 624. The standard InChI is InChI=1S/C14H14N2O4/c1-9-4-3-5-12(16(18)19)14(9)20-13-7-6-11(8-15-13)10(2)17/h3-8,10,17H,1-2H3/t10-/m1/s1. The Morgan fingerprint density at radius 3 is 2.65 bits per heavy atom. The van der Waals surface area contributed by atoms with Gasteiger partial charge in [0.15, 0.2) is 0 Å². The van der Waals surface area contributed by atoms with Crippen molar-refractivity contribution in [1.29, 1.82) is 0 Å². The van der Waals surface area contributed by atoms with E-state index in [0.717, 1.165) is 0 Å². The van der Waals surface area contributed by atoms with E-state index in [4.69, 9.17) is 4.74 Å². The summed E-state index contributed by atoms with van der Waals surface area (Å²) in [5.41, 5.74) is 1.20. The Kier molecular flexibility index (Phi) is 3.95. The van der Waals surface area contributed by atoms with E-state index in [2.05, 4.69) is 4.98 Å². The minimum absolute atomic E-state index is 0.105.